The number of pyridine rings is 1. The maximum absolute atomic E-state index is 12.6. The standard InChI is InChI=1S/C24H22N6O3/c1-32-19-11-6-16(13-20(19)33-2)24(31)29-18-9-7-17(8-10-18)28-22-14-23(27-15-26-22)30-21-5-3-4-12-25-21/h3-15H,1-2H3,(H,29,31)(H2,25,26,27,28,30). The van der Waals surface area contributed by atoms with Crippen molar-refractivity contribution in [2.45, 2.75) is 0 Å². The average Bonchev–Trinajstić information content (AvgIpc) is 2.85. The monoisotopic (exact) mass is 442 g/mol. The minimum atomic E-state index is -0.252. The fourth-order valence-electron chi connectivity index (χ4n) is 3.03. The third-order valence-corrected chi connectivity index (χ3v) is 4.65. The number of ether oxygens (including phenoxy) is 2. The molecule has 0 saturated carbocycles. The summed E-state index contributed by atoms with van der Waals surface area (Å²) in [6, 6.07) is 19.7. The van der Waals surface area contributed by atoms with E-state index in [9.17, 15) is 4.79 Å². The van der Waals surface area contributed by atoms with Crippen molar-refractivity contribution in [3.63, 3.8) is 0 Å². The Hall–Kier alpha value is -4.66. The summed E-state index contributed by atoms with van der Waals surface area (Å²) >= 11 is 0. The lowest BCUT2D eigenvalue weighted by Crippen LogP contribution is -2.12. The number of rotatable bonds is 8. The van der Waals surface area contributed by atoms with Crippen molar-refractivity contribution >= 4 is 34.7 Å². The Morgan fingerprint density at radius 1 is 0.727 bits per heavy atom. The maximum atomic E-state index is 12.6. The molecular weight excluding hydrogens is 420 g/mol. The molecule has 9 nitrogen and oxygen atoms in total. The highest BCUT2D eigenvalue weighted by Gasteiger charge is 2.11. The summed E-state index contributed by atoms with van der Waals surface area (Å²) in [5.41, 5.74) is 1.92. The first-order valence-corrected chi connectivity index (χ1v) is 10.0. The molecule has 0 saturated heterocycles. The van der Waals surface area contributed by atoms with Gasteiger partial charge in [-0.05, 0) is 54.6 Å². The van der Waals surface area contributed by atoms with Gasteiger partial charge in [-0.1, -0.05) is 6.07 Å². The molecule has 2 aromatic heterocycles. The molecule has 0 aliphatic carbocycles. The molecule has 33 heavy (non-hydrogen) atoms. The van der Waals surface area contributed by atoms with Gasteiger partial charge in [-0.3, -0.25) is 4.79 Å². The van der Waals surface area contributed by atoms with E-state index in [1.807, 2.05) is 30.3 Å². The Bertz CT molecular complexity index is 1230. The molecule has 0 atom stereocenters. The number of amides is 1. The molecule has 0 aliphatic heterocycles. The molecule has 166 valence electrons. The topological polar surface area (TPSA) is 110 Å². The van der Waals surface area contributed by atoms with Crippen molar-refractivity contribution in [1.29, 1.82) is 0 Å². The van der Waals surface area contributed by atoms with Crippen LogP contribution in [0, 0.1) is 0 Å². The van der Waals surface area contributed by atoms with Gasteiger partial charge in [0.1, 0.15) is 23.8 Å². The lowest BCUT2D eigenvalue weighted by molar-refractivity contribution is 0.102. The smallest absolute Gasteiger partial charge is 0.255 e. The number of carbonyl (C=O) groups is 1. The fraction of sp³-hybridized carbons (Fsp3) is 0.0833. The lowest BCUT2D eigenvalue weighted by atomic mass is 10.1. The summed E-state index contributed by atoms with van der Waals surface area (Å²) in [4.78, 5) is 25.3. The van der Waals surface area contributed by atoms with Crippen LogP contribution < -0.4 is 25.4 Å². The summed E-state index contributed by atoms with van der Waals surface area (Å²) in [5, 5.41) is 9.21. The molecule has 0 unspecified atom stereocenters. The molecule has 9 heteroatoms. The highest BCUT2D eigenvalue weighted by molar-refractivity contribution is 6.04. The highest BCUT2D eigenvalue weighted by atomic mass is 16.5. The zero-order valence-corrected chi connectivity index (χ0v) is 18.1. The van der Waals surface area contributed by atoms with Gasteiger partial charge in [0.15, 0.2) is 11.5 Å². The normalized spacial score (nSPS) is 10.2. The van der Waals surface area contributed by atoms with Gasteiger partial charge < -0.3 is 25.4 Å². The van der Waals surface area contributed by atoms with Crippen molar-refractivity contribution in [3.8, 4) is 11.5 Å². The van der Waals surface area contributed by atoms with Crippen molar-refractivity contribution in [1.82, 2.24) is 15.0 Å². The van der Waals surface area contributed by atoms with Gasteiger partial charge in [-0.25, -0.2) is 15.0 Å². The first kappa shape index (κ1) is 21.6. The molecule has 0 radical (unpaired) electrons. The average molecular weight is 442 g/mol. The predicted molar refractivity (Wildman–Crippen MR) is 127 cm³/mol. The Labute approximate surface area is 190 Å². The Balaban J connectivity index is 1.40. The van der Waals surface area contributed by atoms with Crippen LogP contribution in [0.2, 0.25) is 0 Å². The van der Waals surface area contributed by atoms with E-state index in [2.05, 4.69) is 30.9 Å². The first-order valence-electron chi connectivity index (χ1n) is 10.0. The van der Waals surface area contributed by atoms with Gasteiger partial charge >= 0.3 is 0 Å². The van der Waals surface area contributed by atoms with E-state index in [1.165, 1.54) is 13.4 Å². The molecule has 2 aromatic carbocycles. The van der Waals surface area contributed by atoms with Gasteiger partial charge in [-0.15, -0.1) is 0 Å². The van der Waals surface area contributed by atoms with Crippen LogP contribution in [-0.2, 0) is 0 Å². The number of aromatic nitrogens is 3. The second kappa shape index (κ2) is 10.1. The molecule has 4 rings (SSSR count). The van der Waals surface area contributed by atoms with Crippen LogP contribution in [-0.4, -0.2) is 35.1 Å². The van der Waals surface area contributed by atoms with Crippen LogP contribution in [0.25, 0.3) is 0 Å². The quantitative estimate of drug-likeness (QED) is 0.362. The predicted octanol–water partition coefficient (Wildman–Crippen LogP) is 4.63. The number of nitrogens with one attached hydrogen (secondary N) is 3. The summed E-state index contributed by atoms with van der Waals surface area (Å²) in [6.07, 6.45) is 3.17. The van der Waals surface area contributed by atoms with Crippen molar-refractivity contribution in [2.75, 3.05) is 30.2 Å². The van der Waals surface area contributed by atoms with E-state index >= 15 is 0 Å². The summed E-state index contributed by atoms with van der Waals surface area (Å²) in [5.74, 6) is 2.73. The number of benzene rings is 2. The molecular formula is C24H22N6O3. The molecule has 0 fully saturated rings. The second-order valence-electron chi connectivity index (χ2n) is 6.85. The van der Waals surface area contributed by atoms with E-state index in [-0.39, 0.29) is 5.91 Å². The largest absolute Gasteiger partial charge is 0.493 e. The summed E-state index contributed by atoms with van der Waals surface area (Å²) in [6.45, 7) is 0. The SMILES string of the molecule is COc1ccc(C(=O)Nc2ccc(Nc3cc(Nc4ccccn4)ncn3)cc2)cc1OC. The van der Waals surface area contributed by atoms with Crippen molar-refractivity contribution in [3.05, 3.63) is 84.8 Å². The molecule has 4 aromatic rings. The molecule has 0 bridgehead atoms. The molecule has 0 spiro atoms. The van der Waals surface area contributed by atoms with Crippen molar-refractivity contribution in [2.24, 2.45) is 0 Å². The highest BCUT2D eigenvalue weighted by Crippen LogP contribution is 2.28. The number of anilines is 5. The van der Waals surface area contributed by atoms with Crippen LogP contribution in [0.1, 0.15) is 10.4 Å². The number of hydrogen-bond acceptors (Lipinski definition) is 8. The maximum Gasteiger partial charge on any atom is 0.255 e. The molecule has 0 aliphatic rings. The van der Waals surface area contributed by atoms with Crippen molar-refractivity contribution < 1.29 is 14.3 Å². The molecule has 3 N–H and O–H groups in total. The van der Waals surface area contributed by atoms with E-state index in [0.29, 0.717) is 40.2 Å². The van der Waals surface area contributed by atoms with Crippen LogP contribution >= 0.6 is 0 Å². The lowest BCUT2D eigenvalue weighted by Gasteiger charge is -2.11. The second-order valence-corrected chi connectivity index (χ2v) is 6.85. The number of carbonyl (C=O) groups excluding carboxylic acids is 1. The number of nitrogens with zero attached hydrogens (tertiary/aromatic N) is 3. The number of methoxy groups -OCH3 is 2. The zero-order valence-electron chi connectivity index (χ0n) is 18.1. The van der Waals surface area contributed by atoms with E-state index in [1.54, 1.807) is 49.7 Å². The third kappa shape index (κ3) is 5.53. The van der Waals surface area contributed by atoms with E-state index < -0.39 is 0 Å². The van der Waals surface area contributed by atoms with Gasteiger partial charge in [0.2, 0.25) is 0 Å². The van der Waals surface area contributed by atoms with Crippen LogP contribution in [0.15, 0.2) is 79.3 Å². The van der Waals surface area contributed by atoms with Crippen LogP contribution in [0.5, 0.6) is 11.5 Å². The Kier molecular flexibility index (Phi) is 6.60. The minimum absolute atomic E-state index is 0.252. The zero-order chi connectivity index (χ0) is 23.0. The van der Waals surface area contributed by atoms with E-state index in [4.69, 9.17) is 9.47 Å². The van der Waals surface area contributed by atoms with Gasteiger partial charge in [0.25, 0.3) is 5.91 Å². The van der Waals surface area contributed by atoms with E-state index in [0.717, 1.165) is 5.69 Å². The Morgan fingerprint density at radius 3 is 2.15 bits per heavy atom. The third-order valence-electron chi connectivity index (χ3n) is 4.65. The fourth-order valence-corrected chi connectivity index (χ4v) is 3.03. The summed E-state index contributed by atoms with van der Waals surface area (Å²) < 4.78 is 10.5. The minimum Gasteiger partial charge on any atom is -0.493 e. The van der Waals surface area contributed by atoms with Crippen LogP contribution in [0.3, 0.4) is 0 Å². The first-order chi connectivity index (χ1) is 16.1. The van der Waals surface area contributed by atoms with Gasteiger partial charge in [0.05, 0.1) is 14.2 Å². The molecule has 1 amide bonds. The number of hydrogen-bond donors (Lipinski definition) is 3. The molecule has 2 heterocycles. The summed E-state index contributed by atoms with van der Waals surface area (Å²) in [7, 11) is 3.08. The van der Waals surface area contributed by atoms with Crippen LogP contribution in [0.4, 0.5) is 28.8 Å². The van der Waals surface area contributed by atoms with Gasteiger partial charge in [0, 0.05) is 29.2 Å². The van der Waals surface area contributed by atoms with Gasteiger partial charge in [-0.2, -0.15) is 0 Å². The Morgan fingerprint density at radius 2 is 1.45 bits per heavy atom.